The third-order valence-corrected chi connectivity index (χ3v) is 3.94. The second-order valence-electron chi connectivity index (χ2n) is 2.31. The highest BCUT2D eigenvalue weighted by molar-refractivity contribution is 8.08. The molecule has 0 heterocycles. The zero-order valence-corrected chi connectivity index (χ0v) is 8.91. The average Bonchev–Trinajstić information content (AvgIpc) is 2.11. The lowest BCUT2D eigenvalue weighted by Crippen LogP contribution is -2.17. The van der Waals surface area contributed by atoms with Crippen molar-refractivity contribution >= 4 is 23.5 Å². The summed E-state index contributed by atoms with van der Waals surface area (Å²) in [4.78, 5) is 0. The van der Waals surface area contributed by atoms with Crippen molar-refractivity contribution in [1.29, 1.82) is 10.5 Å². The summed E-state index contributed by atoms with van der Waals surface area (Å²) in [5.41, 5.74) is 0. The highest BCUT2D eigenvalue weighted by Crippen LogP contribution is 2.28. The van der Waals surface area contributed by atoms with E-state index in [-0.39, 0.29) is 0 Å². The van der Waals surface area contributed by atoms with Crippen molar-refractivity contribution < 1.29 is 0 Å². The van der Waals surface area contributed by atoms with Crippen LogP contribution in [0.15, 0.2) is 0 Å². The Morgan fingerprint density at radius 3 is 1.50 bits per heavy atom. The predicted molar refractivity (Wildman–Crippen MR) is 54.6 cm³/mol. The van der Waals surface area contributed by atoms with Gasteiger partial charge < -0.3 is 0 Å². The molecule has 0 fully saturated rings. The summed E-state index contributed by atoms with van der Waals surface area (Å²) >= 11 is 2.57. The predicted octanol–water partition coefficient (Wildman–Crippen LogP) is 2.97. The normalized spacial score (nSPS) is 14.3. The van der Waals surface area contributed by atoms with E-state index in [1.54, 1.807) is 0 Å². The van der Waals surface area contributed by atoms with Crippen molar-refractivity contribution in [3.05, 3.63) is 0 Å². The van der Waals surface area contributed by atoms with Gasteiger partial charge in [-0.3, -0.25) is 0 Å². The van der Waals surface area contributed by atoms with Crippen LogP contribution in [0.25, 0.3) is 0 Å². The molecule has 0 N–H and O–H groups in total. The van der Waals surface area contributed by atoms with Gasteiger partial charge in [0.2, 0.25) is 0 Å². The maximum Gasteiger partial charge on any atom is 0.133 e. The number of nitrogens with zero attached hydrogens (tertiary/aromatic N) is 2. The number of thioether (sulfide) groups is 2. The van der Waals surface area contributed by atoms with Crippen LogP contribution >= 0.6 is 23.5 Å². The quantitative estimate of drug-likeness (QED) is 0.640. The molecule has 0 aromatic carbocycles. The minimum absolute atomic E-state index is 0.296. The summed E-state index contributed by atoms with van der Waals surface area (Å²) in [7, 11) is 0. The molecule has 4 heteroatoms. The van der Waals surface area contributed by atoms with E-state index < -0.39 is 0 Å². The Morgan fingerprint density at radius 1 is 1.00 bits per heavy atom. The molecule has 0 rings (SSSR count). The van der Waals surface area contributed by atoms with Crippen molar-refractivity contribution in [3.63, 3.8) is 0 Å². The van der Waals surface area contributed by atoms with Gasteiger partial charge in [0.15, 0.2) is 0 Å². The minimum atomic E-state index is 0.296. The van der Waals surface area contributed by atoms with Gasteiger partial charge in [-0.2, -0.15) is 10.5 Å². The molecule has 2 nitrogen and oxygen atoms in total. The van der Waals surface area contributed by atoms with Crippen molar-refractivity contribution in [1.82, 2.24) is 0 Å². The standard InChI is InChI=1S/C8H12N2S2/c1-3-7(11-5-9)8(4-2)12-6-10/h7-8H,3-4H2,1-2H3/t7-,8+. The summed E-state index contributed by atoms with van der Waals surface area (Å²) in [5, 5.41) is 21.8. The molecular formula is C8H12N2S2. The van der Waals surface area contributed by atoms with Crippen LogP contribution < -0.4 is 0 Å². The van der Waals surface area contributed by atoms with Crippen LogP contribution in [-0.2, 0) is 0 Å². The van der Waals surface area contributed by atoms with Gasteiger partial charge >= 0.3 is 0 Å². The van der Waals surface area contributed by atoms with Crippen molar-refractivity contribution in [3.8, 4) is 10.8 Å². The first kappa shape index (κ1) is 11.7. The van der Waals surface area contributed by atoms with E-state index in [0.717, 1.165) is 12.8 Å². The molecule has 12 heavy (non-hydrogen) atoms. The van der Waals surface area contributed by atoms with Gasteiger partial charge in [-0.15, -0.1) is 0 Å². The Hall–Kier alpha value is -0.320. The molecule has 0 aliphatic heterocycles. The molecule has 0 saturated carbocycles. The zero-order valence-electron chi connectivity index (χ0n) is 7.28. The Labute approximate surface area is 82.3 Å². The fourth-order valence-corrected chi connectivity index (χ4v) is 2.61. The summed E-state index contributed by atoms with van der Waals surface area (Å²) in [6.07, 6.45) is 1.90. The Morgan fingerprint density at radius 2 is 1.33 bits per heavy atom. The molecule has 0 bridgehead atoms. The molecule has 0 unspecified atom stereocenters. The van der Waals surface area contributed by atoms with E-state index in [4.69, 9.17) is 10.5 Å². The molecule has 0 aliphatic rings. The summed E-state index contributed by atoms with van der Waals surface area (Å²) in [5.74, 6) is 0. The van der Waals surface area contributed by atoms with Crippen LogP contribution in [0.5, 0.6) is 0 Å². The Balaban J connectivity index is 4.06. The molecular weight excluding hydrogens is 188 g/mol. The Bertz CT molecular complexity index is 170. The molecule has 0 amide bonds. The first-order chi connectivity index (χ1) is 5.79. The second-order valence-corrected chi connectivity index (χ2v) is 4.36. The van der Waals surface area contributed by atoms with E-state index in [1.807, 2.05) is 0 Å². The largest absolute Gasteiger partial charge is 0.185 e. The van der Waals surface area contributed by atoms with Crippen molar-refractivity contribution in [2.24, 2.45) is 0 Å². The molecule has 0 spiro atoms. The van der Waals surface area contributed by atoms with Gasteiger partial charge in [0, 0.05) is 10.5 Å². The van der Waals surface area contributed by atoms with E-state index in [2.05, 4.69) is 24.6 Å². The van der Waals surface area contributed by atoms with Crippen LogP contribution in [0.2, 0.25) is 0 Å². The smallest absolute Gasteiger partial charge is 0.133 e. The topological polar surface area (TPSA) is 47.6 Å². The van der Waals surface area contributed by atoms with Crippen LogP contribution in [0.1, 0.15) is 26.7 Å². The van der Waals surface area contributed by atoms with E-state index in [1.165, 1.54) is 23.5 Å². The van der Waals surface area contributed by atoms with Crippen molar-refractivity contribution in [2.75, 3.05) is 0 Å². The number of hydrogen-bond donors (Lipinski definition) is 0. The van der Waals surface area contributed by atoms with Gasteiger partial charge in [-0.1, -0.05) is 13.8 Å². The lowest BCUT2D eigenvalue weighted by Gasteiger charge is -2.17. The van der Waals surface area contributed by atoms with E-state index in [9.17, 15) is 0 Å². The minimum Gasteiger partial charge on any atom is -0.185 e. The van der Waals surface area contributed by atoms with Gasteiger partial charge in [0.05, 0.1) is 0 Å². The first-order valence-electron chi connectivity index (χ1n) is 3.89. The lowest BCUT2D eigenvalue weighted by atomic mass is 10.2. The molecule has 0 radical (unpaired) electrons. The van der Waals surface area contributed by atoms with Crippen molar-refractivity contribution in [2.45, 2.75) is 37.2 Å². The van der Waals surface area contributed by atoms with Crippen LogP contribution in [-0.4, -0.2) is 10.5 Å². The summed E-state index contributed by atoms with van der Waals surface area (Å²) in [6.45, 7) is 4.10. The fourth-order valence-electron chi connectivity index (χ4n) is 0.980. The van der Waals surface area contributed by atoms with Crippen LogP contribution in [0.3, 0.4) is 0 Å². The number of rotatable bonds is 5. The molecule has 0 saturated heterocycles. The third-order valence-electron chi connectivity index (χ3n) is 1.63. The van der Waals surface area contributed by atoms with Gasteiger partial charge in [0.1, 0.15) is 10.8 Å². The summed E-state index contributed by atoms with van der Waals surface area (Å²) < 4.78 is 0. The number of nitriles is 2. The summed E-state index contributed by atoms with van der Waals surface area (Å²) in [6, 6.07) is 0. The maximum absolute atomic E-state index is 8.50. The lowest BCUT2D eigenvalue weighted by molar-refractivity contribution is 0.741. The molecule has 0 aromatic rings. The third kappa shape index (κ3) is 3.90. The Kier molecular flexibility index (Phi) is 7.14. The fraction of sp³-hybridized carbons (Fsp3) is 0.750. The number of thiocyanates is 2. The molecule has 66 valence electrons. The average molecular weight is 200 g/mol. The first-order valence-corrected chi connectivity index (χ1v) is 5.65. The van der Waals surface area contributed by atoms with Gasteiger partial charge in [-0.25, -0.2) is 0 Å². The second kappa shape index (κ2) is 7.34. The number of hydrogen-bond acceptors (Lipinski definition) is 4. The SMILES string of the molecule is CC[C@H](SC#N)[C@@H](CC)SC#N. The van der Waals surface area contributed by atoms with Crippen LogP contribution in [0.4, 0.5) is 0 Å². The molecule has 2 atom stereocenters. The van der Waals surface area contributed by atoms with E-state index >= 15 is 0 Å². The van der Waals surface area contributed by atoms with Crippen LogP contribution in [0, 0.1) is 21.3 Å². The molecule has 0 aromatic heterocycles. The van der Waals surface area contributed by atoms with Gasteiger partial charge in [0.25, 0.3) is 0 Å². The molecule has 0 aliphatic carbocycles. The highest BCUT2D eigenvalue weighted by Gasteiger charge is 2.19. The maximum atomic E-state index is 8.50. The highest BCUT2D eigenvalue weighted by atomic mass is 32.2. The van der Waals surface area contributed by atoms with E-state index in [0.29, 0.717) is 10.5 Å². The zero-order chi connectivity index (χ0) is 9.40. The monoisotopic (exact) mass is 200 g/mol. The van der Waals surface area contributed by atoms with Gasteiger partial charge in [-0.05, 0) is 36.4 Å².